The van der Waals surface area contributed by atoms with Crippen molar-refractivity contribution >= 4 is 40.1 Å². The topological polar surface area (TPSA) is 37.4 Å². The van der Waals surface area contributed by atoms with Crippen LogP contribution in [-0.2, 0) is 9.59 Å². The van der Waals surface area contributed by atoms with Crippen molar-refractivity contribution in [1.82, 2.24) is 0 Å². The van der Waals surface area contributed by atoms with Gasteiger partial charge in [-0.05, 0) is 52.4 Å². The minimum Gasteiger partial charge on any atom is -0.274 e. The summed E-state index contributed by atoms with van der Waals surface area (Å²) in [5.41, 5.74) is 1.55. The molecule has 0 bridgehead atoms. The highest BCUT2D eigenvalue weighted by Gasteiger charge is 2.40. The molecule has 2 amide bonds. The molecule has 1 saturated heterocycles. The van der Waals surface area contributed by atoms with Crippen LogP contribution in [0.4, 0.5) is 5.69 Å². The zero-order valence-corrected chi connectivity index (χ0v) is 12.8. The van der Waals surface area contributed by atoms with Crippen LogP contribution >= 0.6 is 22.6 Å². The number of hydrogen-bond donors (Lipinski definition) is 0. The molecule has 0 radical (unpaired) electrons. The number of nitrogens with zero attached hydrogens (tertiary/aromatic N) is 1. The molecule has 0 unspecified atom stereocenters. The number of imide groups is 1. The maximum atomic E-state index is 12.5. The second-order valence-electron chi connectivity index (χ2n) is 4.71. The van der Waals surface area contributed by atoms with E-state index in [1.54, 1.807) is 0 Å². The Hall–Kier alpha value is -1.69. The largest absolute Gasteiger partial charge is 0.274 e. The van der Waals surface area contributed by atoms with Crippen molar-refractivity contribution < 1.29 is 9.59 Å². The molecule has 1 heterocycles. The molecule has 1 aliphatic heterocycles. The molecule has 1 aliphatic rings. The molecule has 1 atom stereocenters. The Balaban J connectivity index is 1.93. The Morgan fingerprint density at radius 3 is 2.25 bits per heavy atom. The van der Waals surface area contributed by atoms with Gasteiger partial charge in [0.15, 0.2) is 0 Å². The maximum Gasteiger partial charge on any atom is 0.241 e. The number of halogens is 1. The smallest absolute Gasteiger partial charge is 0.241 e. The fraction of sp³-hybridized carbons (Fsp3) is 0.125. The predicted molar refractivity (Wildman–Crippen MR) is 85.5 cm³/mol. The Bertz CT molecular complexity index is 652. The molecule has 0 aromatic heterocycles. The third-order valence-corrected chi connectivity index (χ3v) is 4.15. The molecule has 100 valence electrons. The quantitative estimate of drug-likeness (QED) is 0.595. The van der Waals surface area contributed by atoms with E-state index in [2.05, 4.69) is 22.6 Å². The third-order valence-electron chi connectivity index (χ3n) is 3.43. The summed E-state index contributed by atoms with van der Waals surface area (Å²) in [6.45, 7) is 0. The first-order chi connectivity index (χ1) is 9.66. The summed E-state index contributed by atoms with van der Waals surface area (Å²) in [6, 6.07) is 16.9. The van der Waals surface area contributed by atoms with E-state index in [-0.39, 0.29) is 24.2 Å². The van der Waals surface area contributed by atoms with Crippen molar-refractivity contribution in [2.75, 3.05) is 4.90 Å². The molecule has 3 rings (SSSR count). The zero-order chi connectivity index (χ0) is 14.1. The van der Waals surface area contributed by atoms with Gasteiger partial charge < -0.3 is 0 Å². The molecular weight excluding hydrogens is 365 g/mol. The minimum absolute atomic E-state index is 0.134. The van der Waals surface area contributed by atoms with Gasteiger partial charge in [0.2, 0.25) is 11.8 Å². The summed E-state index contributed by atoms with van der Waals surface area (Å²) in [4.78, 5) is 26.0. The zero-order valence-electron chi connectivity index (χ0n) is 10.6. The lowest BCUT2D eigenvalue weighted by molar-refractivity contribution is -0.121. The summed E-state index contributed by atoms with van der Waals surface area (Å²) in [5.74, 6) is -0.629. The molecule has 3 nitrogen and oxygen atoms in total. The lowest BCUT2D eigenvalue weighted by atomic mass is 9.98. The van der Waals surface area contributed by atoms with Gasteiger partial charge in [0.05, 0.1) is 11.6 Å². The van der Waals surface area contributed by atoms with Crippen LogP contribution in [0.25, 0.3) is 0 Å². The highest BCUT2D eigenvalue weighted by atomic mass is 127. The highest BCUT2D eigenvalue weighted by molar-refractivity contribution is 14.1. The van der Waals surface area contributed by atoms with Gasteiger partial charge in [-0.2, -0.15) is 0 Å². The van der Waals surface area contributed by atoms with E-state index < -0.39 is 0 Å². The Labute approximate surface area is 130 Å². The third kappa shape index (κ3) is 2.35. The first-order valence-electron chi connectivity index (χ1n) is 6.34. The van der Waals surface area contributed by atoms with Crippen molar-refractivity contribution in [3.8, 4) is 0 Å². The van der Waals surface area contributed by atoms with Gasteiger partial charge in [0.1, 0.15) is 0 Å². The van der Waals surface area contributed by atoms with E-state index in [1.165, 1.54) is 4.90 Å². The first kappa shape index (κ1) is 13.3. The second-order valence-corrected chi connectivity index (χ2v) is 5.96. The average molecular weight is 377 g/mol. The summed E-state index contributed by atoms with van der Waals surface area (Å²) in [7, 11) is 0. The van der Waals surface area contributed by atoms with Gasteiger partial charge in [0, 0.05) is 9.99 Å². The summed E-state index contributed by atoms with van der Waals surface area (Å²) in [6.07, 6.45) is 0.245. The first-order valence-corrected chi connectivity index (χ1v) is 7.42. The molecule has 0 spiro atoms. The number of hydrogen-bond acceptors (Lipinski definition) is 2. The van der Waals surface area contributed by atoms with Crippen molar-refractivity contribution in [1.29, 1.82) is 0 Å². The fourth-order valence-corrected chi connectivity index (χ4v) is 2.80. The van der Waals surface area contributed by atoms with Crippen LogP contribution in [-0.4, -0.2) is 11.8 Å². The van der Waals surface area contributed by atoms with Crippen molar-refractivity contribution in [3.63, 3.8) is 0 Å². The van der Waals surface area contributed by atoms with Crippen LogP contribution in [0, 0.1) is 3.57 Å². The molecule has 0 N–H and O–H groups in total. The number of carbonyl (C=O) groups excluding carboxylic acids is 2. The fourth-order valence-electron chi connectivity index (χ4n) is 2.44. The van der Waals surface area contributed by atoms with Crippen LogP contribution in [0.2, 0.25) is 0 Å². The molecule has 1 fully saturated rings. The Morgan fingerprint density at radius 1 is 0.950 bits per heavy atom. The van der Waals surface area contributed by atoms with Gasteiger partial charge in [-0.3, -0.25) is 14.5 Å². The predicted octanol–water partition coefficient (Wildman–Crippen LogP) is 3.34. The van der Waals surface area contributed by atoms with E-state index in [1.807, 2.05) is 54.6 Å². The van der Waals surface area contributed by atoms with Crippen molar-refractivity contribution in [2.45, 2.75) is 12.3 Å². The van der Waals surface area contributed by atoms with Gasteiger partial charge >= 0.3 is 0 Å². The van der Waals surface area contributed by atoms with Crippen LogP contribution in [0.1, 0.15) is 17.9 Å². The van der Waals surface area contributed by atoms with E-state index in [0.717, 1.165) is 9.13 Å². The molecule has 0 aliphatic carbocycles. The van der Waals surface area contributed by atoms with Crippen LogP contribution in [0.5, 0.6) is 0 Å². The van der Waals surface area contributed by atoms with Crippen molar-refractivity contribution in [2.24, 2.45) is 0 Å². The molecule has 4 heteroatoms. The normalized spacial score (nSPS) is 18.6. The number of anilines is 1. The van der Waals surface area contributed by atoms with Crippen LogP contribution in [0.3, 0.4) is 0 Å². The van der Waals surface area contributed by atoms with Gasteiger partial charge in [-0.25, -0.2) is 0 Å². The standard InChI is InChI=1S/C16H12INO2/c17-12-6-8-13(9-7-12)18-15(19)10-14(16(18)20)11-4-2-1-3-5-11/h1-9,14H,10H2/t14-/m0/s1. The molecule has 0 saturated carbocycles. The van der Waals surface area contributed by atoms with Gasteiger partial charge in [0.25, 0.3) is 0 Å². The van der Waals surface area contributed by atoms with Crippen LogP contribution < -0.4 is 4.90 Å². The van der Waals surface area contributed by atoms with Gasteiger partial charge in [-0.15, -0.1) is 0 Å². The summed E-state index contributed by atoms with van der Waals surface area (Å²) < 4.78 is 1.07. The number of carbonyl (C=O) groups is 2. The van der Waals surface area contributed by atoms with Crippen molar-refractivity contribution in [3.05, 3.63) is 63.7 Å². The van der Waals surface area contributed by atoms with E-state index in [0.29, 0.717) is 5.69 Å². The molecule has 2 aromatic rings. The molecular formula is C16H12INO2. The lowest BCUT2D eigenvalue weighted by Gasteiger charge is -2.15. The highest BCUT2D eigenvalue weighted by Crippen LogP contribution is 2.33. The lowest BCUT2D eigenvalue weighted by Crippen LogP contribution is -2.29. The van der Waals surface area contributed by atoms with Crippen LogP contribution in [0.15, 0.2) is 54.6 Å². The number of amides is 2. The van der Waals surface area contributed by atoms with E-state index in [9.17, 15) is 9.59 Å². The summed E-state index contributed by atoms with van der Waals surface area (Å²) in [5, 5.41) is 0. The van der Waals surface area contributed by atoms with E-state index in [4.69, 9.17) is 0 Å². The van der Waals surface area contributed by atoms with Gasteiger partial charge in [-0.1, -0.05) is 30.3 Å². The minimum atomic E-state index is -0.358. The maximum absolute atomic E-state index is 12.5. The Morgan fingerprint density at radius 2 is 1.60 bits per heavy atom. The summed E-state index contributed by atoms with van der Waals surface area (Å²) >= 11 is 2.20. The number of rotatable bonds is 2. The second kappa shape index (κ2) is 5.36. The Kier molecular flexibility index (Phi) is 3.56. The molecule has 2 aromatic carbocycles. The SMILES string of the molecule is O=C1C[C@@H](c2ccccc2)C(=O)N1c1ccc(I)cc1. The number of benzene rings is 2. The average Bonchev–Trinajstić information content (AvgIpc) is 2.76. The molecule has 20 heavy (non-hydrogen) atoms. The monoisotopic (exact) mass is 377 g/mol. The van der Waals surface area contributed by atoms with E-state index >= 15 is 0 Å².